The van der Waals surface area contributed by atoms with E-state index in [-0.39, 0.29) is 0 Å². The van der Waals surface area contributed by atoms with Gasteiger partial charge in [0.05, 0.1) is 0 Å². The molecule has 0 saturated heterocycles. The molecule has 0 saturated carbocycles. The molecule has 2 aromatic carbocycles. The van der Waals surface area contributed by atoms with Crippen molar-refractivity contribution in [3.05, 3.63) is 64.7 Å². The molecule has 1 nitrogen and oxygen atoms in total. The maximum atomic E-state index is 5.61. The van der Waals surface area contributed by atoms with Gasteiger partial charge in [-0.1, -0.05) is 47.0 Å². The first-order chi connectivity index (χ1) is 7.58. The van der Waals surface area contributed by atoms with E-state index in [1.54, 1.807) is 0 Å². The lowest BCUT2D eigenvalue weighted by Crippen LogP contribution is -1.81. The molecule has 0 radical (unpaired) electrons. The van der Waals surface area contributed by atoms with E-state index in [1.165, 1.54) is 11.1 Å². The van der Waals surface area contributed by atoms with Gasteiger partial charge in [0.2, 0.25) is 0 Å². The lowest BCUT2D eigenvalue weighted by molar-refractivity contribution is 1.47. The van der Waals surface area contributed by atoms with E-state index in [2.05, 4.69) is 0 Å². The molecule has 2 rings (SSSR count). The standard InChI is InChI=1S/C7H7Cl.C7H9N/c2*1-6-2-4-7(8)5-3-6/h2-5H,1H3;2-5H,8H2,1H3. The number of nitrogen functional groups attached to an aromatic ring is 1. The van der Waals surface area contributed by atoms with Crippen LogP contribution in [-0.2, 0) is 0 Å². The number of aryl methyl sites for hydroxylation is 2. The lowest BCUT2D eigenvalue weighted by atomic mass is 10.2. The summed E-state index contributed by atoms with van der Waals surface area (Å²) in [4.78, 5) is 0. The highest BCUT2D eigenvalue weighted by molar-refractivity contribution is 6.30. The van der Waals surface area contributed by atoms with Crippen LogP contribution in [0.15, 0.2) is 48.5 Å². The minimum absolute atomic E-state index is 0.801. The maximum Gasteiger partial charge on any atom is 0.0406 e. The predicted molar refractivity (Wildman–Crippen MR) is 71.8 cm³/mol. The zero-order chi connectivity index (χ0) is 12.0. The molecule has 0 fully saturated rings. The Morgan fingerprint density at radius 1 is 0.750 bits per heavy atom. The van der Waals surface area contributed by atoms with Crippen LogP contribution in [0.5, 0.6) is 0 Å². The summed E-state index contributed by atoms with van der Waals surface area (Å²) in [6, 6.07) is 15.5. The Morgan fingerprint density at radius 3 is 1.44 bits per heavy atom. The molecule has 0 unspecified atom stereocenters. The van der Waals surface area contributed by atoms with Gasteiger partial charge in [0.1, 0.15) is 0 Å². The van der Waals surface area contributed by atoms with Crippen molar-refractivity contribution < 1.29 is 0 Å². The first-order valence-corrected chi connectivity index (χ1v) is 5.50. The zero-order valence-electron chi connectivity index (χ0n) is 9.57. The van der Waals surface area contributed by atoms with Crippen molar-refractivity contribution in [3.8, 4) is 0 Å². The normalized spacial score (nSPS) is 9.19. The average molecular weight is 234 g/mol. The fraction of sp³-hybridized carbons (Fsp3) is 0.143. The molecule has 16 heavy (non-hydrogen) atoms. The molecule has 0 aliphatic carbocycles. The second-order valence-electron chi connectivity index (χ2n) is 3.71. The maximum absolute atomic E-state index is 5.61. The van der Waals surface area contributed by atoms with E-state index in [4.69, 9.17) is 17.3 Å². The summed E-state index contributed by atoms with van der Waals surface area (Å²) in [5, 5.41) is 0.801. The minimum Gasteiger partial charge on any atom is -0.399 e. The van der Waals surface area contributed by atoms with E-state index in [0.29, 0.717) is 0 Å². The first kappa shape index (κ1) is 12.6. The Kier molecular flexibility index (Phi) is 4.87. The Balaban J connectivity index is 0.000000160. The lowest BCUT2D eigenvalue weighted by Gasteiger charge is -1.90. The molecule has 0 spiro atoms. The van der Waals surface area contributed by atoms with Crippen LogP contribution in [0.3, 0.4) is 0 Å². The molecular formula is C14H16ClN. The Hall–Kier alpha value is -1.47. The van der Waals surface area contributed by atoms with Gasteiger partial charge in [0.15, 0.2) is 0 Å². The number of hydrogen-bond acceptors (Lipinski definition) is 1. The highest BCUT2D eigenvalue weighted by Crippen LogP contribution is 2.07. The molecule has 0 bridgehead atoms. The van der Waals surface area contributed by atoms with Crippen molar-refractivity contribution in [3.63, 3.8) is 0 Å². The molecule has 0 aliphatic heterocycles. The minimum atomic E-state index is 0.801. The molecule has 0 heterocycles. The monoisotopic (exact) mass is 233 g/mol. The van der Waals surface area contributed by atoms with Crippen LogP contribution in [0.1, 0.15) is 11.1 Å². The summed E-state index contributed by atoms with van der Waals surface area (Å²) in [5.41, 5.74) is 8.75. The van der Waals surface area contributed by atoms with E-state index in [9.17, 15) is 0 Å². The largest absolute Gasteiger partial charge is 0.399 e. The number of anilines is 1. The van der Waals surface area contributed by atoms with Crippen LogP contribution < -0.4 is 5.73 Å². The summed E-state index contributed by atoms with van der Waals surface area (Å²) in [5.74, 6) is 0. The van der Waals surface area contributed by atoms with Crippen LogP contribution in [0, 0.1) is 13.8 Å². The third-order valence-electron chi connectivity index (χ3n) is 2.09. The van der Waals surface area contributed by atoms with Crippen molar-refractivity contribution in [1.29, 1.82) is 0 Å². The van der Waals surface area contributed by atoms with Gasteiger partial charge in [-0.25, -0.2) is 0 Å². The smallest absolute Gasteiger partial charge is 0.0406 e. The summed E-state index contributed by atoms with van der Waals surface area (Å²) in [6.07, 6.45) is 0. The van der Waals surface area contributed by atoms with Crippen molar-refractivity contribution >= 4 is 17.3 Å². The highest BCUT2D eigenvalue weighted by Gasteiger charge is 1.82. The van der Waals surface area contributed by atoms with E-state index >= 15 is 0 Å². The van der Waals surface area contributed by atoms with Gasteiger partial charge in [-0.2, -0.15) is 0 Å². The fourth-order valence-corrected chi connectivity index (χ4v) is 1.23. The molecular weight excluding hydrogens is 218 g/mol. The van der Waals surface area contributed by atoms with E-state index in [1.807, 2.05) is 62.4 Å². The Labute approximate surface area is 102 Å². The predicted octanol–water partition coefficient (Wildman–Crippen LogP) is 4.23. The van der Waals surface area contributed by atoms with Gasteiger partial charge >= 0.3 is 0 Å². The first-order valence-electron chi connectivity index (χ1n) is 5.12. The van der Waals surface area contributed by atoms with Crippen molar-refractivity contribution in [2.75, 3.05) is 5.73 Å². The number of halogens is 1. The SMILES string of the molecule is Cc1ccc(Cl)cc1.Cc1ccc(N)cc1. The Morgan fingerprint density at radius 2 is 1.12 bits per heavy atom. The number of rotatable bonds is 0. The summed E-state index contributed by atoms with van der Waals surface area (Å²) in [6.45, 7) is 4.08. The van der Waals surface area contributed by atoms with E-state index < -0.39 is 0 Å². The molecule has 2 aromatic rings. The summed E-state index contributed by atoms with van der Waals surface area (Å²) < 4.78 is 0. The number of nitrogens with two attached hydrogens (primary N) is 1. The van der Waals surface area contributed by atoms with Crippen LogP contribution in [0.25, 0.3) is 0 Å². The van der Waals surface area contributed by atoms with Crippen LogP contribution >= 0.6 is 11.6 Å². The zero-order valence-corrected chi connectivity index (χ0v) is 10.3. The quantitative estimate of drug-likeness (QED) is 0.678. The number of hydrogen-bond donors (Lipinski definition) is 1. The van der Waals surface area contributed by atoms with Crippen LogP contribution in [-0.4, -0.2) is 0 Å². The van der Waals surface area contributed by atoms with Gasteiger partial charge < -0.3 is 5.73 Å². The van der Waals surface area contributed by atoms with Gasteiger partial charge in [-0.15, -0.1) is 0 Å². The summed E-state index contributed by atoms with van der Waals surface area (Å²) >= 11 is 5.61. The van der Waals surface area contributed by atoms with Crippen LogP contribution in [0.4, 0.5) is 5.69 Å². The van der Waals surface area contributed by atoms with Crippen molar-refractivity contribution in [2.24, 2.45) is 0 Å². The van der Waals surface area contributed by atoms with Gasteiger partial charge in [-0.3, -0.25) is 0 Å². The topological polar surface area (TPSA) is 26.0 Å². The fourth-order valence-electron chi connectivity index (χ4n) is 1.10. The third-order valence-corrected chi connectivity index (χ3v) is 2.34. The second kappa shape index (κ2) is 6.19. The van der Waals surface area contributed by atoms with Crippen LogP contribution in [0.2, 0.25) is 5.02 Å². The molecule has 2 heteroatoms. The van der Waals surface area contributed by atoms with Crippen molar-refractivity contribution in [2.45, 2.75) is 13.8 Å². The molecule has 0 aromatic heterocycles. The number of benzene rings is 2. The Bertz CT molecular complexity index is 332. The third kappa shape index (κ3) is 4.85. The molecule has 0 aliphatic rings. The second-order valence-corrected chi connectivity index (χ2v) is 4.14. The van der Waals surface area contributed by atoms with Gasteiger partial charge in [-0.05, 0) is 38.1 Å². The van der Waals surface area contributed by atoms with Gasteiger partial charge in [0, 0.05) is 10.7 Å². The molecule has 2 N–H and O–H groups in total. The van der Waals surface area contributed by atoms with Crippen molar-refractivity contribution in [1.82, 2.24) is 0 Å². The average Bonchev–Trinajstić information content (AvgIpc) is 2.28. The van der Waals surface area contributed by atoms with Gasteiger partial charge in [0.25, 0.3) is 0 Å². The molecule has 0 atom stereocenters. The molecule has 0 amide bonds. The highest BCUT2D eigenvalue weighted by atomic mass is 35.5. The molecule has 84 valence electrons. The summed E-state index contributed by atoms with van der Waals surface area (Å²) in [7, 11) is 0. The van der Waals surface area contributed by atoms with E-state index in [0.717, 1.165) is 10.7 Å².